The summed E-state index contributed by atoms with van der Waals surface area (Å²) >= 11 is 6.89. The van der Waals surface area contributed by atoms with Crippen molar-refractivity contribution in [3.05, 3.63) is 42.0 Å². The summed E-state index contributed by atoms with van der Waals surface area (Å²) in [6.45, 7) is 2.33. The molecular formula is C18H21ClO. The third-order valence-electron chi connectivity index (χ3n) is 4.77. The number of hydrogen-bond donors (Lipinski definition) is 0. The molecule has 1 fully saturated rings. The number of halogens is 1. The van der Waals surface area contributed by atoms with Gasteiger partial charge in [0.05, 0.1) is 12.5 Å². The van der Waals surface area contributed by atoms with Crippen LogP contribution in [-0.2, 0) is 0 Å². The maximum Gasteiger partial charge on any atom is 0.126 e. The van der Waals surface area contributed by atoms with E-state index in [1.165, 1.54) is 36.6 Å². The summed E-state index contributed by atoms with van der Waals surface area (Å²) in [5.41, 5.74) is 1.46. The lowest BCUT2D eigenvalue weighted by atomic mass is 9.80. The normalized spacial score (nSPS) is 19.1. The van der Waals surface area contributed by atoms with E-state index < -0.39 is 0 Å². The highest BCUT2D eigenvalue weighted by Crippen LogP contribution is 2.52. The van der Waals surface area contributed by atoms with Crippen LogP contribution in [0.3, 0.4) is 0 Å². The zero-order chi connectivity index (χ0) is 14.2. The van der Waals surface area contributed by atoms with Crippen molar-refractivity contribution in [2.24, 2.45) is 5.41 Å². The average Bonchev–Trinajstić information content (AvgIpc) is 2.93. The summed E-state index contributed by atoms with van der Waals surface area (Å²) < 4.78 is 5.47. The Kier molecular flexibility index (Phi) is 3.64. The molecule has 0 N–H and O–H groups in total. The molecular weight excluding hydrogens is 268 g/mol. The van der Waals surface area contributed by atoms with Gasteiger partial charge >= 0.3 is 0 Å². The third kappa shape index (κ3) is 2.18. The Bertz CT molecular complexity index is 614. The van der Waals surface area contributed by atoms with Gasteiger partial charge in [0.1, 0.15) is 5.75 Å². The minimum absolute atomic E-state index is 0.0702. The monoisotopic (exact) mass is 288 g/mol. The Morgan fingerprint density at radius 1 is 1.05 bits per heavy atom. The van der Waals surface area contributed by atoms with Gasteiger partial charge in [-0.25, -0.2) is 0 Å². The molecule has 1 atom stereocenters. The zero-order valence-electron chi connectivity index (χ0n) is 12.2. The zero-order valence-corrected chi connectivity index (χ0v) is 12.9. The van der Waals surface area contributed by atoms with E-state index in [1.54, 1.807) is 7.11 Å². The Morgan fingerprint density at radius 3 is 2.35 bits per heavy atom. The number of ether oxygens (including phenoxy) is 1. The van der Waals surface area contributed by atoms with Crippen LogP contribution in [0.5, 0.6) is 5.75 Å². The second-order valence-electron chi connectivity index (χ2n) is 6.13. The number of benzene rings is 2. The third-order valence-corrected chi connectivity index (χ3v) is 5.53. The second kappa shape index (κ2) is 5.29. The van der Waals surface area contributed by atoms with E-state index in [9.17, 15) is 0 Å². The smallest absolute Gasteiger partial charge is 0.126 e. The lowest BCUT2D eigenvalue weighted by Crippen LogP contribution is -2.18. The van der Waals surface area contributed by atoms with Gasteiger partial charge in [-0.3, -0.25) is 0 Å². The molecule has 2 aromatic carbocycles. The molecule has 0 radical (unpaired) electrons. The quantitative estimate of drug-likeness (QED) is 0.657. The fourth-order valence-corrected chi connectivity index (χ4v) is 3.91. The van der Waals surface area contributed by atoms with Crippen molar-refractivity contribution in [3.8, 4) is 5.75 Å². The molecule has 0 amide bonds. The van der Waals surface area contributed by atoms with Crippen LogP contribution < -0.4 is 4.74 Å². The van der Waals surface area contributed by atoms with Crippen LogP contribution in [-0.4, -0.2) is 7.11 Å². The lowest BCUT2D eigenvalue weighted by Gasteiger charge is -2.30. The van der Waals surface area contributed by atoms with Crippen molar-refractivity contribution >= 4 is 22.4 Å². The molecule has 0 aromatic heterocycles. The van der Waals surface area contributed by atoms with Crippen molar-refractivity contribution in [2.45, 2.75) is 38.0 Å². The van der Waals surface area contributed by atoms with Crippen LogP contribution in [0.4, 0.5) is 0 Å². The summed E-state index contributed by atoms with van der Waals surface area (Å²) in [6.07, 6.45) is 5.05. The van der Waals surface area contributed by atoms with Gasteiger partial charge in [-0.2, -0.15) is 0 Å². The molecule has 0 bridgehead atoms. The largest absolute Gasteiger partial charge is 0.496 e. The van der Waals surface area contributed by atoms with E-state index in [1.807, 2.05) is 6.07 Å². The molecule has 0 aliphatic heterocycles. The van der Waals surface area contributed by atoms with Crippen LogP contribution in [0, 0.1) is 5.41 Å². The van der Waals surface area contributed by atoms with Crippen LogP contribution >= 0.6 is 11.6 Å². The van der Waals surface area contributed by atoms with Gasteiger partial charge in [0.15, 0.2) is 0 Å². The molecule has 1 unspecified atom stereocenters. The topological polar surface area (TPSA) is 9.23 Å². The van der Waals surface area contributed by atoms with E-state index in [2.05, 4.69) is 37.3 Å². The maximum atomic E-state index is 6.89. The summed E-state index contributed by atoms with van der Waals surface area (Å²) in [5, 5.41) is 2.44. The van der Waals surface area contributed by atoms with Crippen molar-refractivity contribution in [1.29, 1.82) is 0 Å². The van der Waals surface area contributed by atoms with Crippen LogP contribution in [0.15, 0.2) is 36.4 Å². The highest BCUT2D eigenvalue weighted by Gasteiger charge is 2.37. The van der Waals surface area contributed by atoms with E-state index in [0.717, 1.165) is 11.1 Å². The molecule has 20 heavy (non-hydrogen) atoms. The summed E-state index contributed by atoms with van der Waals surface area (Å²) in [5.74, 6) is 0.921. The number of hydrogen-bond acceptors (Lipinski definition) is 1. The molecule has 2 aromatic rings. The summed E-state index contributed by atoms with van der Waals surface area (Å²) in [6, 6.07) is 12.6. The van der Waals surface area contributed by atoms with Crippen molar-refractivity contribution < 1.29 is 4.74 Å². The molecule has 106 valence electrons. The van der Waals surface area contributed by atoms with E-state index >= 15 is 0 Å². The fraction of sp³-hybridized carbons (Fsp3) is 0.444. The lowest BCUT2D eigenvalue weighted by molar-refractivity contribution is 0.323. The van der Waals surface area contributed by atoms with E-state index in [0.29, 0.717) is 0 Å². The van der Waals surface area contributed by atoms with E-state index in [-0.39, 0.29) is 10.8 Å². The van der Waals surface area contributed by atoms with Gasteiger partial charge in [-0.15, -0.1) is 11.6 Å². The molecule has 1 aliphatic rings. The van der Waals surface area contributed by atoms with Crippen LogP contribution in [0.2, 0.25) is 0 Å². The number of rotatable bonds is 3. The fourth-order valence-electron chi connectivity index (χ4n) is 3.51. The first-order valence-corrected chi connectivity index (χ1v) is 7.79. The van der Waals surface area contributed by atoms with Crippen LogP contribution in [0.1, 0.15) is 43.5 Å². The summed E-state index contributed by atoms with van der Waals surface area (Å²) in [7, 11) is 1.72. The van der Waals surface area contributed by atoms with Gasteiger partial charge in [0, 0.05) is 5.39 Å². The number of methoxy groups -OCH3 is 1. The van der Waals surface area contributed by atoms with E-state index in [4.69, 9.17) is 16.3 Å². The number of alkyl halides is 1. The van der Waals surface area contributed by atoms with Gasteiger partial charge in [-0.1, -0.05) is 50.1 Å². The van der Waals surface area contributed by atoms with Crippen molar-refractivity contribution in [1.82, 2.24) is 0 Å². The molecule has 0 heterocycles. The highest BCUT2D eigenvalue weighted by atomic mass is 35.5. The standard InChI is InChI=1S/C18H21ClO/c1-18(11-5-6-12-18)17(19)15-9-10-16(20-2)14-8-4-3-7-13(14)15/h3-4,7-10,17H,5-6,11-12H2,1-2H3. The minimum Gasteiger partial charge on any atom is -0.496 e. The Balaban J connectivity index is 2.12. The Labute approximate surface area is 125 Å². The first-order valence-electron chi connectivity index (χ1n) is 7.35. The minimum atomic E-state index is 0.0702. The molecule has 1 nitrogen and oxygen atoms in total. The second-order valence-corrected chi connectivity index (χ2v) is 6.56. The number of fused-ring (bicyclic) bond motifs is 1. The van der Waals surface area contributed by atoms with Crippen molar-refractivity contribution in [2.75, 3.05) is 7.11 Å². The molecule has 0 spiro atoms. The Morgan fingerprint density at radius 2 is 1.70 bits per heavy atom. The van der Waals surface area contributed by atoms with Crippen LogP contribution in [0.25, 0.3) is 10.8 Å². The molecule has 0 saturated heterocycles. The summed E-state index contributed by atoms with van der Waals surface area (Å²) in [4.78, 5) is 0. The van der Waals surface area contributed by atoms with Gasteiger partial charge in [0.2, 0.25) is 0 Å². The predicted molar refractivity (Wildman–Crippen MR) is 85.7 cm³/mol. The Hall–Kier alpha value is -1.21. The highest BCUT2D eigenvalue weighted by molar-refractivity contribution is 6.22. The molecule has 3 rings (SSSR count). The van der Waals surface area contributed by atoms with Gasteiger partial charge in [-0.05, 0) is 35.3 Å². The molecule has 1 saturated carbocycles. The molecule has 2 heteroatoms. The predicted octanol–water partition coefficient (Wildman–Crippen LogP) is 5.71. The van der Waals surface area contributed by atoms with Gasteiger partial charge in [0.25, 0.3) is 0 Å². The van der Waals surface area contributed by atoms with Gasteiger partial charge < -0.3 is 4.74 Å². The first kappa shape index (κ1) is 13.8. The maximum absolute atomic E-state index is 6.89. The first-order chi connectivity index (χ1) is 9.65. The van der Waals surface area contributed by atoms with Crippen molar-refractivity contribution in [3.63, 3.8) is 0 Å². The average molecular weight is 289 g/mol. The molecule has 1 aliphatic carbocycles. The SMILES string of the molecule is COc1ccc(C(Cl)C2(C)CCCC2)c2ccccc12.